The first-order valence-corrected chi connectivity index (χ1v) is 12.4. The second-order valence-electron chi connectivity index (χ2n) is 7.70. The van der Waals surface area contributed by atoms with Crippen LogP contribution >= 0.6 is 0 Å². The van der Waals surface area contributed by atoms with Crippen molar-refractivity contribution in [2.24, 2.45) is 5.14 Å². The minimum absolute atomic E-state index is 0.0625. The third-order valence-electron chi connectivity index (χ3n) is 5.08. The summed E-state index contributed by atoms with van der Waals surface area (Å²) in [4.78, 5) is 12.8. The summed E-state index contributed by atoms with van der Waals surface area (Å²) < 4.78 is 30.9. The number of benzene rings is 3. The standard InChI is InChI=1S/C25H29N3O4S/c1-3-4-15-27-22-16-20(25(29)28-18(2)19-11-7-5-8-12-19)17-23(33(26,30)31)24(22)32-21-13-9-6-10-14-21/h5-14,16-18,27H,3-4,15H2,1-2H3,(H,28,29)(H2,26,30,31)/t18-/m1/s1. The molecular weight excluding hydrogens is 438 g/mol. The number of amides is 1. The SMILES string of the molecule is CCCCNc1cc(C(=O)N[C@H](C)c2ccccc2)cc(S(N)(=O)=O)c1Oc1ccccc1. The third kappa shape index (κ3) is 6.57. The first-order chi connectivity index (χ1) is 15.8. The zero-order chi connectivity index (χ0) is 23.8. The Morgan fingerprint density at radius 1 is 1.03 bits per heavy atom. The molecule has 0 fully saturated rings. The van der Waals surface area contributed by atoms with E-state index in [-0.39, 0.29) is 22.3 Å². The summed E-state index contributed by atoms with van der Waals surface area (Å²) in [6, 6.07) is 20.9. The van der Waals surface area contributed by atoms with E-state index >= 15 is 0 Å². The second kappa shape index (κ2) is 11.0. The van der Waals surface area contributed by atoms with Crippen LogP contribution in [0.2, 0.25) is 0 Å². The molecular formula is C25H29N3O4S. The second-order valence-corrected chi connectivity index (χ2v) is 9.23. The van der Waals surface area contributed by atoms with E-state index in [1.165, 1.54) is 6.07 Å². The fourth-order valence-corrected chi connectivity index (χ4v) is 3.99. The van der Waals surface area contributed by atoms with Gasteiger partial charge in [0.25, 0.3) is 5.91 Å². The van der Waals surface area contributed by atoms with Crippen molar-refractivity contribution in [3.63, 3.8) is 0 Å². The molecule has 0 aliphatic rings. The topological polar surface area (TPSA) is 111 Å². The highest BCUT2D eigenvalue weighted by atomic mass is 32.2. The fourth-order valence-electron chi connectivity index (χ4n) is 3.29. The number of nitrogens with one attached hydrogen (secondary N) is 2. The average molecular weight is 468 g/mol. The van der Waals surface area contributed by atoms with Crippen LogP contribution in [-0.2, 0) is 10.0 Å². The van der Waals surface area contributed by atoms with Crippen molar-refractivity contribution in [1.29, 1.82) is 0 Å². The highest BCUT2D eigenvalue weighted by Gasteiger charge is 2.24. The van der Waals surface area contributed by atoms with Gasteiger partial charge in [0.1, 0.15) is 10.6 Å². The summed E-state index contributed by atoms with van der Waals surface area (Å²) in [7, 11) is -4.19. The number of hydrogen-bond donors (Lipinski definition) is 3. The Bertz CT molecular complexity index is 1180. The molecule has 8 heteroatoms. The molecule has 3 aromatic carbocycles. The summed E-state index contributed by atoms with van der Waals surface area (Å²) >= 11 is 0. The van der Waals surface area contributed by atoms with E-state index < -0.39 is 15.9 Å². The van der Waals surface area contributed by atoms with E-state index in [0.717, 1.165) is 18.4 Å². The maximum absolute atomic E-state index is 13.0. The molecule has 33 heavy (non-hydrogen) atoms. The highest BCUT2D eigenvalue weighted by molar-refractivity contribution is 7.89. The number of carbonyl (C=O) groups excluding carboxylic acids is 1. The van der Waals surface area contributed by atoms with E-state index in [1.807, 2.05) is 50.2 Å². The molecule has 0 saturated heterocycles. The predicted octanol–water partition coefficient (Wildman–Crippen LogP) is 4.83. The number of primary sulfonamides is 1. The van der Waals surface area contributed by atoms with Gasteiger partial charge in [0.05, 0.1) is 11.7 Å². The monoisotopic (exact) mass is 467 g/mol. The van der Waals surface area contributed by atoms with Crippen LogP contribution in [-0.4, -0.2) is 20.9 Å². The molecule has 174 valence electrons. The van der Waals surface area contributed by atoms with Crippen LogP contribution in [0.5, 0.6) is 11.5 Å². The van der Waals surface area contributed by atoms with E-state index in [9.17, 15) is 13.2 Å². The maximum atomic E-state index is 13.0. The fraction of sp³-hybridized carbons (Fsp3) is 0.240. The van der Waals surface area contributed by atoms with Crippen LogP contribution in [0.1, 0.15) is 48.7 Å². The number of hydrogen-bond acceptors (Lipinski definition) is 5. The van der Waals surface area contributed by atoms with Crippen molar-refractivity contribution >= 4 is 21.6 Å². The number of nitrogens with two attached hydrogens (primary N) is 1. The zero-order valence-electron chi connectivity index (χ0n) is 18.7. The molecule has 3 rings (SSSR count). The highest BCUT2D eigenvalue weighted by Crippen LogP contribution is 2.37. The van der Waals surface area contributed by atoms with Gasteiger partial charge in [-0.05, 0) is 43.2 Å². The number of para-hydroxylation sites is 1. The minimum Gasteiger partial charge on any atom is -0.454 e. The largest absolute Gasteiger partial charge is 0.454 e. The van der Waals surface area contributed by atoms with Gasteiger partial charge in [-0.2, -0.15) is 0 Å². The van der Waals surface area contributed by atoms with Gasteiger partial charge in [0.15, 0.2) is 5.75 Å². The van der Waals surface area contributed by atoms with Gasteiger partial charge in [-0.1, -0.05) is 61.9 Å². The van der Waals surface area contributed by atoms with E-state index in [1.54, 1.807) is 30.3 Å². The first kappa shape index (κ1) is 24.3. The van der Waals surface area contributed by atoms with Crippen molar-refractivity contribution in [2.75, 3.05) is 11.9 Å². The molecule has 0 radical (unpaired) electrons. The minimum atomic E-state index is -4.19. The molecule has 4 N–H and O–H groups in total. The Kier molecular flexibility index (Phi) is 8.08. The summed E-state index contributed by atoms with van der Waals surface area (Å²) in [6.45, 7) is 4.49. The number of ether oxygens (including phenoxy) is 1. The van der Waals surface area contributed by atoms with Crippen LogP contribution in [0.4, 0.5) is 5.69 Å². The molecule has 0 heterocycles. The van der Waals surface area contributed by atoms with Crippen molar-refractivity contribution in [3.8, 4) is 11.5 Å². The molecule has 0 aliphatic heterocycles. The van der Waals surface area contributed by atoms with Crippen molar-refractivity contribution in [2.45, 2.75) is 37.6 Å². The number of rotatable bonds is 10. The van der Waals surface area contributed by atoms with Gasteiger partial charge < -0.3 is 15.4 Å². The summed E-state index contributed by atoms with van der Waals surface area (Å²) in [5.41, 5.74) is 1.49. The molecule has 0 saturated carbocycles. The number of anilines is 1. The van der Waals surface area contributed by atoms with Gasteiger partial charge in [0, 0.05) is 12.1 Å². The van der Waals surface area contributed by atoms with Gasteiger partial charge in [-0.15, -0.1) is 0 Å². The molecule has 0 spiro atoms. The Balaban J connectivity index is 2.02. The van der Waals surface area contributed by atoms with E-state index in [4.69, 9.17) is 9.88 Å². The van der Waals surface area contributed by atoms with Crippen LogP contribution in [0.25, 0.3) is 0 Å². The van der Waals surface area contributed by atoms with Crippen molar-refractivity contribution < 1.29 is 17.9 Å². The predicted molar refractivity (Wildman–Crippen MR) is 130 cm³/mol. The lowest BCUT2D eigenvalue weighted by Crippen LogP contribution is -2.27. The van der Waals surface area contributed by atoms with E-state index in [0.29, 0.717) is 18.0 Å². The lowest BCUT2D eigenvalue weighted by Gasteiger charge is -2.19. The number of unbranched alkanes of at least 4 members (excludes halogenated alkanes) is 1. The smallest absolute Gasteiger partial charge is 0.251 e. The Morgan fingerprint density at radius 2 is 1.67 bits per heavy atom. The number of sulfonamides is 1. The van der Waals surface area contributed by atoms with Gasteiger partial charge in [-0.3, -0.25) is 4.79 Å². The normalized spacial score (nSPS) is 12.1. The zero-order valence-corrected chi connectivity index (χ0v) is 19.6. The van der Waals surface area contributed by atoms with Crippen LogP contribution in [0.15, 0.2) is 77.7 Å². The molecule has 3 aromatic rings. The summed E-state index contributed by atoms with van der Waals surface area (Å²) in [5.74, 6) is 0.101. The molecule has 0 aliphatic carbocycles. The van der Waals surface area contributed by atoms with Crippen LogP contribution in [0, 0.1) is 0 Å². The maximum Gasteiger partial charge on any atom is 0.251 e. The molecule has 0 aromatic heterocycles. The Hall–Kier alpha value is -3.36. The van der Waals surface area contributed by atoms with Crippen LogP contribution < -0.4 is 20.5 Å². The van der Waals surface area contributed by atoms with Gasteiger partial charge in [0.2, 0.25) is 10.0 Å². The average Bonchev–Trinajstić information content (AvgIpc) is 2.80. The van der Waals surface area contributed by atoms with Crippen molar-refractivity contribution in [3.05, 3.63) is 83.9 Å². The molecule has 7 nitrogen and oxygen atoms in total. The Morgan fingerprint density at radius 3 is 2.27 bits per heavy atom. The summed E-state index contributed by atoms with van der Waals surface area (Å²) in [6.07, 6.45) is 1.80. The van der Waals surface area contributed by atoms with E-state index in [2.05, 4.69) is 10.6 Å². The third-order valence-corrected chi connectivity index (χ3v) is 6.00. The van der Waals surface area contributed by atoms with Gasteiger partial charge in [-0.25, -0.2) is 13.6 Å². The molecule has 0 bridgehead atoms. The molecule has 0 unspecified atom stereocenters. The Labute approximate surface area is 195 Å². The number of carbonyl (C=O) groups is 1. The lowest BCUT2D eigenvalue weighted by molar-refractivity contribution is 0.0939. The van der Waals surface area contributed by atoms with Crippen LogP contribution in [0.3, 0.4) is 0 Å². The lowest BCUT2D eigenvalue weighted by atomic mass is 10.1. The van der Waals surface area contributed by atoms with Crippen molar-refractivity contribution in [1.82, 2.24) is 5.32 Å². The molecule has 1 amide bonds. The molecule has 1 atom stereocenters. The van der Waals surface area contributed by atoms with Gasteiger partial charge >= 0.3 is 0 Å². The first-order valence-electron chi connectivity index (χ1n) is 10.8. The summed E-state index contributed by atoms with van der Waals surface area (Å²) in [5, 5.41) is 11.6. The quantitative estimate of drug-likeness (QED) is 0.370.